The zero-order valence-corrected chi connectivity index (χ0v) is 10.1. The highest BCUT2D eigenvalue weighted by molar-refractivity contribution is 5.80. The molecule has 2 nitrogen and oxygen atoms in total. The smallest absolute Gasteiger partial charge is 0.227 e. The standard InChI is InChI=1S/C15H19NO/c1-2-7-16(10-11-3-4-11)15(17)14-9-12-5-6-13(14)8-12/h1,5-6,11-14H,3-4,7-10H2. The van der Waals surface area contributed by atoms with Gasteiger partial charge in [-0.25, -0.2) is 0 Å². The SMILES string of the molecule is C#CCN(CC1CC1)C(=O)C1CC2C=CC1C2. The van der Waals surface area contributed by atoms with Crippen molar-refractivity contribution in [3.8, 4) is 12.3 Å². The summed E-state index contributed by atoms with van der Waals surface area (Å²) in [5, 5.41) is 0. The van der Waals surface area contributed by atoms with E-state index >= 15 is 0 Å². The summed E-state index contributed by atoms with van der Waals surface area (Å²) in [4.78, 5) is 14.4. The zero-order valence-electron chi connectivity index (χ0n) is 10.1. The van der Waals surface area contributed by atoms with Gasteiger partial charge < -0.3 is 4.90 Å². The van der Waals surface area contributed by atoms with E-state index in [2.05, 4.69) is 18.1 Å². The number of rotatable bonds is 4. The second kappa shape index (κ2) is 4.22. The molecule has 0 radical (unpaired) electrons. The van der Waals surface area contributed by atoms with Crippen LogP contribution in [0.2, 0.25) is 0 Å². The Kier molecular flexibility index (Phi) is 2.70. The third kappa shape index (κ3) is 2.11. The Morgan fingerprint density at radius 3 is 2.71 bits per heavy atom. The fourth-order valence-electron chi connectivity index (χ4n) is 3.25. The predicted octanol–water partition coefficient (Wildman–Crippen LogP) is 2.07. The van der Waals surface area contributed by atoms with Crippen molar-refractivity contribution in [3.05, 3.63) is 12.2 Å². The molecule has 3 rings (SSSR count). The van der Waals surface area contributed by atoms with Gasteiger partial charge in [-0.1, -0.05) is 18.1 Å². The molecule has 3 aliphatic carbocycles. The molecule has 0 saturated heterocycles. The van der Waals surface area contributed by atoms with Crippen LogP contribution in [0.15, 0.2) is 12.2 Å². The molecule has 0 N–H and O–H groups in total. The van der Waals surface area contributed by atoms with Crippen LogP contribution in [0.1, 0.15) is 25.7 Å². The van der Waals surface area contributed by atoms with Crippen molar-refractivity contribution < 1.29 is 4.79 Å². The van der Waals surface area contributed by atoms with E-state index in [1.54, 1.807) is 0 Å². The Labute approximate surface area is 103 Å². The van der Waals surface area contributed by atoms with Gasteiger partial charge >= 0.3 is 0 Å². The lowest BCUT2D eigenvalue weighted by Crippen LogP contribution is -2.39. The van der Waals surface area contributed by atoms with Gasteiger partial charge in [0.1, 0.15) is 0 Å². The Hall–Kier alpha value is -1.23. The normalized spacial score (nSPS) is 33.7. The molecule has 3 atom stereocenters. The maximum atomic E-state index is 12.5. The molecule has 1 amide bonds. The number of hydrogen-bond acceptors (Lipinski definition) is 1. The van der Waals surface area contributed by atoms with Crippen molar-refractivity contribution in [2.45, 2.75) is 25.7 Å². The molecule has 2 saturated carbocycles. The third-order valence-electron chi connectivity index (χ3n) is 4.37. The highest BCUT2D eigenvalue weighted by atomic mass is 16.2. The van der Waals surface area contributed by atoms with Crippen LogP contribution in [0.3, 0.4) is 0 Å². The maximum Gasteiger partial charge on any atom is 0.227 e. The molecule has 2 fully saturated rings. The number of amides is 1. The summed E-state index contributed by atoms with van der Waals surface area (Å²) in [5.74, 6) is 5.04. The molecule has 17 heavy (non-hydrogen) atoms. The third-order valence-corrected chi connectivity index (χ3v) is 4.37. The average Bonchev–Trinajstić information content (AvgIpc) is 2.90. The molecule has 0 heterocycles. The van der Waals surface area contributed by atoms with Crippen LogP contribution in [-0.4, -0.2) is 23.9 Å². The largest absolute Gasteiger partial charge is 0.331 e. The molecule has 2 bridgehead atoms. The first-order valence-electron chi connectivity index (χ1n) is 6.68. The predicted molar refractivity (Wildman–Crippen MR) is 67.0 cm³/mol. The minimum absolute atomic E-state index is 0.220. The van der Waals surface area contributed by atoms with Crippen LogP contribution < -0.4 is 0 Å². The molecular formula is C15H19NO. The zero-order chi connectivity index (χ0) is 11.8. The van der Waals surface area contributed by atoms with Crippen molar-refractivity contribution in [2.24, 2.45) is 23.7 Å². The summed E-state index contributed by atoms with van der Waals surface area (Å²) >= 11 is 0. The number of nitrogens with zero attached hydrogens (tertiary/aromatic N) is 1. The van der Waals surface area contributed by atoms with Crippen LogP contribution >= 0.6 is 0 Å². The monoisotopic (exact) mass is 229 g/mol. The fraction of sp³-hybridized carbons (Fsp3) is 0.667. The second-order valence-corrected chi connectivity index (χ2v) is 5.75. The lowest BCUT2D eigenvalue weighted by atomic mass is 9.92. The van der Waals surface area contributed by atoms with Crippen LogP contribution in [0.5, 0.6) is 0 Å². The summed E-state index contributed by atoms with van der Waals surface area (Å²) in [6, 6.07) is 0. The van der Waals surface area contributed by atoms with Gasteiger partial charge in [-0.3, -0.25) is 4.79 Å². The lowest BCUT2D eigenvalue weighted by Gasteiger charge is -2.26. The topological polar surface area (TPSA) is 20.3 Å². The van der Waals surface area contributed by atoms with Crippen LogP contribution in [0, 0.1) is 36.0 Å². The fourth-order valence-corrected chi connectivity index (χ4v) is 3.25. The molecule has 2 heteroatoms. The van der Waals surface area contributed by atoms with Gasteiger partial charge in [-0.2, -0.15) is 0 Å². The summed E-state index contributed by atoms with van der Waals surface area (Å²) in [6.45, 7) is 1.38. The minimum Gasteiger partial charge on any atom is -0.331 e. The van der Waals surface area contributed by atoms with Crippen molar-refractivity contribution in [1.29, 1.82) is 0 Å². The van der Waals surface area contributed by atoms with Crippen molar-refractivity contribution in [3.63, 3.8) is 0 Å². The Bertz CT molecular complexity index is 388. The summed E-state index contributed by atoms with van der Waals surface area (Å²) < 4.78 is 0. The number of hydrogen-bond donors (Lipinski definition) is 0. The van der Waals surface area contributed by atoms with E-state index in [1.807, 2.05) is 4.90 Å². The second-order valence-electron chi connectivity index (χ2n) is 5.75. The van der Waals surface area contributed by atoms with Crippen molar-refractivity contribution >= 4 is 5.91 Å². The molecule has 0 aliphatic heterocycles. The molecule has 3 aliphatic rings. The minimum atomic E-state index is 0.220. The van der Waals surface area contributed by atoms with E-state index in [0.717, 1.165) is 18.9 Å². The van der Waals surface area contributed by atoms with E-state index in [1.165, 1.54) is 19.3 Å². The number of carbonyl (C=O) groups excluding carboxylic acids is 1. The van der Waals surface area contributed by atoms with Crippen molar-refractivity contribution in [2.75, 3.05) is 13.1 Å². The molecule has 0 aromatic rings. The number of terminal acetylenes is 1. The van der Waals surface area contributed by atoms with Crippen LogP contribution in [0.25, 0.3) is 0 Å². The van der Waals surface area contributed by atoms with Crippen LogP contribution in [-0.2, 0) is 4.79 Å². The van der Waals surface area contributed by atoms with Gasteiger partial charge in [0.25, 0.3) is 0 Å². The van der Waals surface area contributed by atoms with E-state index in [-0.39, 0.29) is 5.92 Å². The van der Waals surface area contributed by atoms with E-state index in [0.29, 0.717) is 24.3 Å². The summed E-state index contributed by atoms with van der Waals surface area (Å²) in [5.41, 5.74) is 0. The Balaban J connectivity index is 1.66. The quantitative estimate of drug-likeness (QED) is 0.534. The van der Waals surface area contributed by atoms with Gasteiger partial charge in [-0.15, -0.1) is 6.42 Å². The van der Waals surface area contributed by atoms with Crippen molar-refractivity contribution in [1.82, 2.24) is 4.90 Å². The lowest BCUT2D eigenvalue weighted by molar-refractivity contribution is -0.136. The molecular weight excluding hydrogens is 210 g/mol. The molecule has 0 spiro atoms. The van der Waals surface area contributed by atoms with E-state index in [4.69, 9.17) is 6.42 Å². The van der Waals surface area contributed by atoms with E-state index < -0.39 is 0 Å². The first kappa shape index (κ1) is 10.9. The Morgan fingerprint density at radius 1 is 1.35 bits per heavy atom. The van der Waals surface area contributed by atoms with Gasteiger partial charge in [0.15, 0.2) is 0 Å². The summed E-state index contributed by atoms with van der Waals surface area (Å²) in [6.07, 6.45) is 14.7. The van der Waals surface area contributed by atoms with Gasteiger partial charge in [0.2, 0.25) is 5.91 Å². The number of allylic oxidation sites excluding steroid dienone is 2. The first-order valence-corrected chi connectivity index (χ1v) is 6.68. The van der Waals surface area contributed by atoms with Crippen LogP contribution in [0.4, 0.5) is 0 Å². The molecule has 0 aromatic heterocycles. The van der Waals surface area contributed by atoms with Gasteiger partial charge in [-0.05, 0) is 43.4 Å². The van der Waals surface area contributed by atoms with Gasteiger partial charge in [0.05, 0.1) is 6.54 Å². The Morgan fingerprint density at radius 2 is 2.18 bits per heavy atom. The maximum absolute atomic E-state index is 12.5. The molecule has 90 valence electrons. The van der Waals surface area contributed by atoms with Gasteiger partial charge in [0, 0.05) is 12.5 Å². The number of carbonyl (C=O) groups is 1. The molecule has 0 aromatic carbocycles. The number of fused-ring (bicyclic) bond motifs is 2. The highest BCUT2D eigenvalue weighted by Crippen LogP contribution is 2.44. The average molecular weight is 229 g/mol. The highest BCUT2D eigenvalue weighted by Gasteiger charge is 2.42. The molecule has 3 unspecified atom stereocenters. The first-order chi connectivity index (χ1) is 8.28. The van der Waals surface area contributed by atoms with E-state index in [9.17, 15) is 4.79 Å². The summed E-state index contributed by atoms with van der Waals surface area (Å²) in [7, 11) is 0.